The zero-order valence-corrected chi connectivity index (χ0v) is 11.5. The van der Waals surface area contributed by atoms with E-state index in [1.54, 1.807) is 0 Å². The predicted molar refractivity (Wildman–Crippen MR) is 72.4 cm³/mol. The van der Waals surface area contributed by atoms with E-state index < -0.39 is 0 Å². The highest BCUT2D eigenvalue weighted by molar-refractivity contribution is 5.54. The van der Waals surface area contributed by atoms with Gasteiger partial charge in [-0.2, -0.15) is 5.10 Å². The molecule has 2 rings (SSSR count). The number of nitrogens with zero attached hydrogens (tertiary/aromatic N) is 4. The maximum absolute atomic E-state index is 4.53. The van der Waals surface area contributed by atoms with Crippen LogP contribution in [0.2, 0.25) is 0 Å². The molecule has 0 spiro atoms. The summed E-state index contributed by atoms with van der Waals surface area (Å²) in [6, 6.07) is 4.42. The molecule has 0 amide bonds. The summed E-state index contributed by atoms with van der Waals surface area (Å²) in [5, 5.41) is 4.35. The summed E-state index contributed by atoms with van der Waals surface area (Å²) in [7, 11) is 0. The third kappa shape index (κ3) is 2.58. The molecule has 0 unspecified atom stereocenters. The van der Waals surface area contributed by atoms with E-state index in [4.69, 9.17) is 0 Å². The fourth-order valence-electron chi connectivity index (χ4n) is 2.07. The van der Waals surface area contributed by atoms with Crippen LogP contribution < -0.4 is 0 Å². The SMILES string of the molecule is CCCc1cc(-c2ccnn2C(C)C)nc(C)n1. The van der Waals surface area contributed by atoms with Crippen molar-refractivity contribution in [3.8, 4) is 11.4 Å². The second kappa shape index (κ2) is 5.29. The van der Waals surface area contributed by atoms with Gasteiger partial charge in [0.15, 0.2) is 0 Å². The lowest BCUT2D eigenvalue weighted by molar-refractivity contribution is 0.537. The van der Waals surface area contributed by atoms with Gasteiger partial charge < -0.3 is 0 Å². The predicted octanol–water partition coefficient (Wildman–Crippen LogP) is 3.18. The summed E-state index contributed by atoms with van der Waals surface area (Å²) < 4.78 is 2.00. The maximum Gasteiger partial charge on any atom is 0.126 e. The van der Waals surface area contributed by atoms with Crippen LogP contribution in [0.1, 0.15) is 44.8 Å². The lowest BCUT2D eigenvalue weighted by Gasteiger charge is -2.11. The first-order valence-corrected chi connectivity index (χ1v) is 6.50. The minimum atomic E-state index is 0.333. The van der Waals surface area contributed by atoms with Gasteiger partial charge in [0.1, 0.15) is 5.82 Å². The molecular formula is C14H20N4. The Morgan fingerprint density at radius 1 is 1.28 bits per heavy atom. The van der Waals surface area contributed by atoms with Gasteiger partial charge in [0, 0.05) is 17.9 Å². The molecule has 0 fully saturated rings. The van der Waals surface area contributed by atoms with Crippen molar-refractivity contribution in [2.24, 2.45) is 0 Å². The van der Waals surface area contributed by atoms with Gasteiger partial charge in [-0.3, -0.25) is 4.68 Å². The zero-order chi connectivity index (χ0) is 13.1. The fourth-order valence-corrected chi connectivity index (χ4v) is 2.07. The minimum Gasteiger partial charge on any atom is -0.261 e. The van der Waals surface area contributed by atoms with Gasteiger partial charge in [-0.15, -0.1) is 0 Å². The number of hydrogen-bond acceptors (Lipinski definition) is 3. The van der Waals surface area contributed by atoms with Crippen LogP contribution in [0.25, 0.3) is 11.4 Å². The lowest BCUT2D eigenvalue weighted by atomic mass is 10.2. The van der Waals surface area contributed by atoms with Crippen molar-refractivity contribution in [1.29, 1.82) is 0 Å². The van der Waals surface area contributed by atoms with Crippen molar-refractivity contribution in [2.45, 2.75) is 46.6 Å². The average Bonchev–Trinajstić information content (AvgIpc) is 2.77. The third-order valence-corrected chi connectivity index (χ3v) is 2.82. The van der Waals surface area contributed by atoms with Gasteiger partial charge in [-0.05, 0) is 39.3 Å². The van der Waals surface area contributed by atoms with Gasteiger partial charge in [0.2, 0.25) is 0 Å². The van der Waals surface area contributed by atoms with E-state index in [1.165, 1.54) is 0 Å². The first kappa shape index (κ1) is 12.7. The number of rotatable bonds is 4. The van der Waals surface area contributed by atoms with Crippen molar-refractivity contribution in [1.82, 2.24) is 19.7 Å². The smallest absolute Gasteiger partial charge is 0.126 e. The molecule has 18 heavy (non-hydrogen) atoms. The van der Waals surface area contributed by atoms with Crippen LogP contribution in [0, 0.1) is 6.92 Å². The Hall–Kier alpha value is -1.71. The first-order valence-electron chi connectivity index (χ1n) is 6.50. The highest BCUT2D eigenvalue weighted by atomic mass is 15.3. The lowest BCUT2D eigenvalue weighted by Crippen LogP contribution is -2.06. The van der Waals surface area contributed by atoms with E-state index in [-0.39, 0.29) is 0 Å². The second-order valence-electron chi connectivity index (χ2n) is 4.80. The van der Waals surface area contributed by atoms with Gasteiger partial charge >= 0.3 is 0 Å². The molecule has 2 heterocycles. The first-order chi connectivity index (χ1) is 8.61. The molecule has 0 saturated heterocycles. The summed E-state index contributed by atoms with van der Waals surface area (Å²) in [6.07, 6.45) is 3.91. The van der Waals surface area contributed by atoms with E-state index in [9.17, 15) is 0 Å². The third-order valence-electron chi connectivity index (χ3n) is 2.82. The molecule has 0 N–H and O–H groups in total. The molecule has 0 radical (unpaired) electrons. The molecule has 0 aromatic carbocycles. The number of aryl methyl sites for hydroxylation is 2. The van der Waals surface area contributed by atoms with Crippen molar-refractivity contribution >= 4 is 0 Å². The van der Waals surface area contributed by atoms with Crippen LogP contribution in [-0.4, -0.2) is 19.7 Å². The molecular weight excluding hydrogens is 224 g/mol. The standard InChI is InChI=1S/C14H20N4/c1-5-6-12-9-13(17-11(4)16-12)14-7-8-15-18(14)10(2)3/h7-10H,5-6H2,1-4H3. The van der Waals surface area contributed by atoms with Crippen molar-refractivity contribution in [3.63, 3.8) is 0 Å². The Kier molecular flexibility index (Phi) is 3.75. The monoisotopic (exact) mass is 244 g/mol. The van der Waals surface area contributed by atoms with E-state index >= 15 is 0 Å². The summed E-state index contributed by atoms with van der Waals surface area (Å²) in [5.74, 6) is 0.826. The van der Waals surface area contributed by atoms with E-state index in [0.29, 0.717) is 6.04 Å². The summed E-state index contributed by atoms with van der Waals surface area (Å²) in [6.45, 7) is 8.35. The van der Waals surface area contributed by atoms with E-state index in [0.717, 1.165) is 35.7 Å². The molecule has 0 atom stereocenters. The van der Waals surface area contributed by atoms with Crippen LogP contribution in [0.5, 0.6) is 0 Å². The molecule has 0 aliphatic rings. The van der Waals surface area contributed by atoms with Gasteiger partial charge in [0.25, 0.3) is 0 Å². The molecule has 0 saturated carbocycles. The van der Waals surface area contributed by atoms with Crippen LogP contribution in [-0.2, 0) is 6.42 Å². The normalized spacial score (nSPS) is 11.2. The van der Waals surface area contributed by atoms with Gasteiger partial charge in [0.05, 0.1) is 11.4 Å². The van der Waals surface area contributed by atoms with Crippen LogP contribution in [0.15, 0.2) is 18.3 Å². The Balaban J connectivity index is 2.46. The van der Waals surface area contributed by atoms with Crippen LogP contribution in [0.4, 0.5) is 0 Å². The van der Waals surface area contributed by atoms with Gasteiger partial charge in [-0.25, -0.2) is 9.97 Å². The second-order valence-corrected chi connectivity index (χ2v) is 4.80. The van der Waals surface area contributed by atoms with Crippen molar-refractivity contribution in [2.75, 3.05) is 0 Å². The highest BCUT2D eigenvalue weighted by Crippen LogP contribution is 2.21. The number of aromatic nitrogens is 4. The van der Waals surface area contributed by atoms with Crippen molar-refractivity contribution < 1.29 is 0 Å². The summed E-state index contributed by atoms with van der Waals surface area (Å²) in [4.78, 5) is 9.00. The molecule has 2 aromatic rings. The quantitative estimate of drug-likeness (QED) is 0.829. The fraction of sp³-hybridized carbons (Fsp3) is 0.500. The van der Waals surface area contributed by atoms with Crippen molar-refractivity contribution in [3.05, 3.63) is 29.8 Å². The zero-order valence-electron chi connectivity index (χ0n) is 11.5. The molecule has 4 nitrogen and oxygen atoms in total. The summed E-state index contributed by atoms with van der Waals surface area (Å²) >= 11 is 0. The topological polar surface area (TPSA) is 43.6 Å². The molecule has 2 aromatic heterocycles. The Labute approximate surface area is 108 Å². The minimum absolute atomic E-state index is 0.333. The van der Waals surface area contributed by atoms with Crippen LogP contribution >= 0.6 is 0 Å². The average molecular weight is 244 g/mol. The maximum atomic E-state index is 4.53. The van der Waals surface area contributed by atoms with Crippen LogP contribution in [0.3, 0.4) is 0 Å². The molecule has 0 bridgehead atoms. The van der Waals surface area contributed by atoms with E-state index in [2.05, 4.69) is 41.9 Å². The Morgan fingerprint density at radius 2 is 2.06 bits per heavy atom. The highest BCUT2D eigenvalue weighted by Gasteiger charge is 2.11. The Morgan fingerprint density at radius 3 is 2.72 bits per heavy atom. The molecule has 0 aliphatic carbocycles. The molecule has 96 valence electrons. The van der Waals surface area contributed by atoms with Gasteiger partial charge in [-0.1, -0.05) is 13.3 Å². The molecule has 0 aliphatic heterocycles. The Bertz CT molecular complexity index is 528. The summed E-state index contributed by atoms with van der Waals surface area (Å²) in [5.41, 5.74) is 3.14. The number of hydrogen-bond donors (Lipinski definition) is 0. The largest absolute Gasteiger partial charge is 0.261 e. The molecule has 4 heteroatoms. The van der Waals surface area contributed by atoms with E-state index in [1.807, 2.05) is 23.9 Å².